The smallest absolute Gasteiger partial charge is 0.166 e. The van der Waals surface area contributed by atoms with Crippen LogP contribution in [0.3, 0.4) is 0 Å². The van der Waals surface area contributed by atoms with E-state index in [0.717, 1.165) is 12.1 Å². The topological polar surface area (TPSA) is 81.7 Å². The van der Waals surface area contributed by atoms with Crippen molar-refractivity contribution in [1.82, 2.24) is 19.5 Å². The molecule has 0 aliphatic carbocycles. The Balaban J connectivity index is 1.98. The third kappa shape index (κ3) is 2.55. The number of aromatic nitrogens is 4. The molecule has 0 spiro atoms. The second-order valence-electron chi connectivity index (χ2n) is 4.57. The first-order chi connectivity index (χ1) is 10.3. The molecule has 0 fully saturated rings. The van der Waals surface area contributed by atoms with Crippen molar-refractivity contribution in [2.24, 2.45) is 0 Å². The summed E-state index contributed by atoms with van der Waals surface area (Å²) in [5.74, 6) is 1.20. The highest BCUT2D eigenvalue weighted by Crippen LogP contribution is 2.26. The fraction of sp³-hybridized carbons (Fsp3) is 0.133. The molecule has 0 saturated heterocycles. The third-order valence-corrected chi connectivity index (χ3v) is 3.26. The second-order valence-corrected chi connectivity index (χ2v) is 4.57. The van der Waals surface area contributed by atoms with Crippen molar-refractivity contribution in [2.45, 2.75) is 13.3 Å². The summed E-state index contributed by atoms with van der Waals surface area (Å²) in [5.41, 5.74) is 8.88. The molecule has 3 N–H and O–H groups in total. The molecule has 0 atom stereocenters. The number of imidazole rings is 1. The number of anilines is 3. The molecule has 106 valence electrons. The Bertz CT molecular complexity index is 736. The highest BCUT2D eigenvalue weighted by atomic mass is 15.1. The van der Waals surface area contributed by atoms with Crippen LogP contribution in [0.15, 0.2) is 49.3 Å². The standard InChI is InChI=1S/C15H16N6/c1-2-11-5-3-4-6-12(11)20-14-13(16)15(19-9-18-14)21-8-7-17-10-21/h3-10H,2,16H2,1H3,(H,18,19,20). The van der Waals surface area contributed by atoms with Crippen molar-refractivity contribution >= 4 is 17.2 Å². The number of nitrogens with two attached hydrogens (primary N) is 1. The Morgan fingerprint density at radius 2 is 2.10 bits per heavy atom. The largest absolute Gasteiger partial charge is 0.393 e. The zero-order valence-corrected chi connectivity index (χ0v) is 11.7. The van der Waals surface area contributed by atoms with Crippen LogP contribution in [0.1, 0.15) is 12.5 Å². The zero-order chi connectivity index (χ0) is 14.7. The number of nitrogens with zero attached hydrogens (tertiary/aromatic N) is 4. The van der Waals surface area contributed by atoms with Crippen molar-refractivity contribution < 1.29 is 0 Å². The summed E-state index contributed by atoms with van der Waals surface area (Å²) in [4.78, 5) is 12.5. The number of nitrogens with one attached hydrogen (secondary N) is 1. The Morgan fingerprint density at radius 1 is 1.24 bits per heavy atom. The molecular formula is C15H16N6. The Hall–Kier alpha value is -2.89. The summed E-state index contributed by atoms with van der Waals surface area (Å²) < 4.78 is 1.76. The number of hydrogen-bond acceptors (Lipinski definition) is 5. The first kappa shape index (κ1) is 13.1. The molecule has 0 aliphatic rings. The Kier molecular flexibility index (Phi) is 3.51. The van der Waals surface area contributed by atoms with Crippen molar-refractivity contribution in [3.8, 4) is 5.82 Å². The van der Waals surface area contributed by atoms with Crippen molar-refractivity contribution in [2.75, 3.05) is 11.1 Å². The maximum Gasteiger partial charge on any atom is 0.166 e. The van der Waals surface area contributed by atoms with Gasteiger partial charge in [-0.1, -0.05) is 25.1 Å². The fourth-order valence-corrected chi connectivity index (χ4v) is 2.15. The van der Waals surface area contributed by atoms with Gasteiger partial charge in [0.05, 0.1) is 0 Å². The van der Waals surface area contributed by atoms with Crippen molar-refractivity contribution in [3.63, 3.8) is 0 Å². The first-order valence-electron chi connectivity index (χ1n) is 6.73. The van der Waals surface area contributed by atoms with E-state index in [1.807, 2.05) is 18.2 Å². The average Bonchev–Trinajstić information content (AvgIpc) is 3.04. The summed E-state index contributed by atoms with van der Waals surface area (Å²) in [6.45, 7) is 2.11. The van der Waals surface area contributed by atoms with E-state index >= 15 is 0 Å². The maximum absolute atomic E-state index is 6.18. The van der Waals surface area contributed by atoms with E-state index in [-0.39, 0.29) is 0 Å². The zero-order valence-electron chi connectivity index (χ0n) is 11.7. The van der Waals surface area contributed by atoms with Gasteiger partial charge in [0, 0.05) is 18.1 Å². The lowest BCUT2D eigenvalue weighted by Crippen LogP contribution is -2.07. The molecule has 0 unspecified atom stereocenters. The normalized spacial score (nSPS) is 10.5. The molecule has 6 nitrogen and oxygen atoms in total. The van der Waals surface area contributed by atoms with E-state index in [1.165, 1.54) is 11.9 Å². The summed E-state index contributed by atoms with van der Waals surface area (Å²) in [6, 6.07) is 8.09. The number of nitrogen functional groups attached to an aromatic ring is 1. The van der Waals surface area contributed by atoms with Crippen LogP contribution < -0.4 is 11.1 Å². The highest BCUT2D eigenvalue weighted by Gasteiger charge is 2.10. The van der Waals surface area contributed by atoms with E-state index in [1.54, 1.807) is 23.3 Å². The fourth-order valence-electron chi connectivity index (χ4n) is 2.15. The molecule has 2 aromatic heterocycles. The maximum atomic E-state index is 6.18. The minimum Gasteiger partial charge on any atom is -0.393 e. The van der Waals surface area contributed by atoms with Crippen LogP contribution in [-0.2, 0) is 6.42 Å². The van der Waals surface area contributed by atoms with Gasteiger partial charge in [-0.3, -0.25) is 4.57 Å². The van der Waals surface area contributed by atoms with Crippen LogP contribution in [0.4, 0.5) is 17.2 Å². The van der Waals surface area contributed by atoms with Gasteiger partial charge in [0.25, 0.3) is 0 Å². The molecule has 0 bridgehead atoms. The van der Waals surface area contributed by atoms with Gasteiger partial charge in [0.2, 0.25) is 0 Å². The number of aryl methyl sites for hydroxylation is 1. The molecule has 3 rings (SSSR count). The first-order valence-corrected chi connectivity index (χ1v) is 6.73. The van der Waals surface area contributed by atoms with Crippen LogP contribution in [0.5, 0.6) is 0 Å². The summed E-state index contributed by atoms with van der Waals surface area (Å²) in [5, 5.41) is 3.28. The lowest BCUT2D eigenvalue weighted by Gasteiger charge is -2.13. The van der Waals surface area contributed by atoms with Crippen molar-refractivity contribution in [1.29, 1.82) is 0 Å². The second kappa shape index (κ2) is 5.62. The van der Waals surface area contributed by atoms with Crippen LogP contribution in [-0.4, -0.2) is 19.5 Å². The highest BCUT2D eigenvalue weighted by molar-refractivity contribution is 5.75. The SMILES string of the molecule is CCc1ccccc1Nc1ncnc(-n2ccnc2)c1N. The molecule has 3 aromatic rings. The van der Waals surface area contributed by atoms with Crippen LogP contribution >= 0.6 is 0 Å². The van der Waals surface area contributed by atoms with E-state index in [2.05, 4.69) is 33.3 Å². The van der Waals surface area contributed by atoms with Crippen LogP contribution in [0.2, 0.25) is 0 Å². The molecule has 0 radical (unpaired) electrons. The van der Waals surface area contributed by atoms with Crippen LogP contribution in [0, 0.1) is 0 Å². The minimum atomic E-state index is 0.487. The Labute approximate surface area is 122 Å². The van der Waals surface area contributed by atoms with E-state index in [9.17, 15) is 0 Å². The summed E-state index contributed by atoms with van der Waals surface area (Å²) in [6.07, 6.45) is 7.55. The minimum absolute atomic E-state index is 0.487. The van der Waals surface area contributed by atoms with Gasteiger partial charge in [-0.25, -0.2) is 15.0 Å². The molecule has 0 aliphatic heterocycles. The van der Waals surface area contributed by atoms with Gasteiger partial charge >= 0.3 is 0 Å². The van der Waals surface area contributed by atoms with Gasteiger partial charge < -0.3 is 11.1 Å². The van der Waals surface area contributed by atoms with Crippen LogP contribution in [0.25, 0.3) is 5.82 Å². The van der Waals surface area contributed by atoms with Gasteiger partial charge in [-0.15, -0.1) is 0 Å². The third-order valence-electron chi connectivity index (χ3n) is 3.26. The monoisotopic (exact) mass is 280 g/mol. The molecule has 2 heterocycles. The van der Waals surface area contributed by atoms with E-state index in [4.69, 9.17) is 5.73 Å². The molecular weight excluding hydrogens is 264 g/mol. The number of para-hydroxylation sites is 1. The van der Waals surface area contributed by atoms with Gasteiger partial charge in [-0.05, 0) is 18.1 Å². The van der Waals surface area contributed by atoms with E-state index < -0.39 is 0 Å². The van der Waals surface area contributed by atoms with Gasteiger partial charge in [0.15, 0.2) is 11.6 Å². The average molecular weight is 280 g/mol. The predicted molar refractivity (Wildman–Crippen MR) is 82.7 cm³/mol. The molecule has 21 heavy (non-hydrogen) atoms. The van der Waals surface area contributed by atoms with Gasteiger partial charge in [-0.2, -0.15) is 0 Å². The lowest BCUT2D eigenvalue weighted by molar-refractivity contribution is 0.977. The summed E-state index contributed by atoms with van der Waals surface area (Å²) in [7, 11) is 0. The van der Waals surface area contributed by atoms with Gasteiger partial charge in [0.1, 0.15) is 18.3 Å². The number of hydrogen-bond donors (Lipinski definition) is 2. The quantitative estimate of drug-likeness (QED) is 0.767. The predicted octanol–water partition coefficient (Wildman–Crippen LogP) is 2.55. The summed E-state index contributed by atoms with van der Waals surface area (Å²) >= 11 is 0. The van der Waals surface area contributed by atoms with E-state index in [0.29, 0.717) is 17.3 Å². The molecule has 1 aromatic carbocycles. The number of rotatable bonds is 4. The molecule has 0 amide bonds. The molecule has 0 saturated carbocycles. The van der Waals surface area contributed by atoms with Crippen molar-refractivity contribution in [3.05, 3.63) is 54.9 Å². The number of benzene rings is 1. The Morgan fingerprint density at radius 3 is 2.86 bits per heavy atom. The lowest BCUT2D eigenvalue weighted by atomic mass is 10.1. The molecule has 6 heteroatoms.